The Morgan fingerprint density at radius 1 is 1.50 bits per heavy atom. The summed E-state index contributed by atoms with van der Waals surface area (Å²) in [4.78, 5) is 4.37. The molecule has 1 aromatic heterocycles. The fraction of sp³-hybridized carbons (Fsp3) is 0.500. The summed E-state index contributed by atoms with van der Waals surface area (Å²) in [5.74, 6) is 0.471. The summed E-state index contributed by atoms with van der Waals surface area (Å²) in [6, 6.07) is 0. The van der Waals surface area contributed by atoms with Gasteiger partial charge in [-0.15, -0.1) is 0 Å². The highest BCUT2D eigenvalue weighted by Crippen LogP contribution is 2.17. The minimum Gasteiger partial charge on any atom is -0.422 e. The van der Waals surface area contributed by atoms with E-state index in [1.54, 1.807) is 0 Å². The van der Waals surface area contributed by atoms with Gasteiger partial charge in [-0.1, -0.05) is 0 Å². The van der Waals surface area contributed by atoms with Gasteiger partial charge in [0.2, 0.25) is 0 Å². The molecular weight excluding hydrogens is 206 g/mol. The van der Waals surface area contributed by atoms with Gasteiger partial charge in [0.25, 0.3) is 5.90 Å². The quantitative estimate of drug-likeness (QED) is 0.511. The van der Waals surface area contributed by atoms with Crippen molar-refractivity contribution in [1.29, 1.82) is 10.8 Å². The summed E-state index contributed by atoms with van der Waals surface area (Å²) in [6.45, 7) is 5.79. The van der Waals surface area contributed by atoms with E-state index in [2.05, 4.69) is 10.3 Å². The van der Waals surface area contributed by atoms with E-state index in [1.165, 1.54) is 6.92 Å². The Morgan fingerprint density at radius 3 is 2.88 bits per heavy atom. The number of ether oxygens (including phenoxy) is 1. The molecule has 0 radical (unpaired) electrons. The van der Waals surface area contributed by atoms with Crippen molar-refractivity contribution >= 4 is 11.8 Å². The molecule has 0 amide bonds. The number of nitrogens with zero attached hydrogens (tertiary/aromatic N) is 2. The smallest absolute Gasteiger partial charge is 0.257 e. The van der Waals surface area contributed by atoms with E-state index < -0.39 is 0 Å². The first kappa shape index (κ1) is 10.8. The van der Waals surface area contributed by atoms with Crippen LogP contribution in [-0.4, -0.2) is 21.3 Å². The fourth-order valence-electron chi connectivity index (χ4n) is 1.89. The van der Waals surface area contributed by atoms with Gasteiger partial charge in [-0.3, -0.25) is 10.8 Å². The van der Waals surface area contributed by atoms with E-state index in [0.717, 1.165) is 31.0 Å². The van der Waals surface area contributed by atoms with Crippen LogP contribution in [0.2, 0.25) is 0 Å². The number of hydrogen-bond acceptors (Lipinski definition) is 5. The summed E-state index contributed by atoms with van der Waals surface area (Å²) < 4.78 is 6.94. The first-order valence-corrected chi connectivity index (χ1v) is 5.24. The van der Waals surface area contributed by atoms with E-state index in [-0.39, 0.29) is 11.8 Å². The highest BCUT2D eigenvalue weighted by molar-refractivity contribution is 5.96. The van der Waals surface area contributed by atoms with Gasteiger partial charge in [-0.2, -0.15) is 0 Å². The molecule has 86 valence electrons. The number of hydrogen-bond donors (Lipinski definition) is 3. The molecule has 0 saturated heterocycles. The number of aromatic nitrogens is 2. The number of fused-ring (bicyclic) bond motifs is 1. The second-order valence-corrected chi connectivity index (χ2v) is 3.66. The van der Waals surface area contributed by atoms with Gasteiger partial charge in [0, 0.05) is 26.6 Å². The first-order chi connectivity index (χ1) is 7.63. The van der Waals surface area contributed by atoms with Crippen LogP contribution < -0.4 is 5.32 Å². The van der Waals surface area contributed by atoms with Crippen molar-refractivity contribution in [2.75, 3.05) is 0 Å². The molecule has 1 aliphatic rings. The Labute approximate surface area is 93.7 Å². The van der Waals surface area contributed by atoms with Crippen LogP contribution in [0.15, 0.2) is 0 Å². The maximum Gasteiger partial charge on any atom is 0.257 e. The zero-order valence-electron chi connectivity index (χ0n) is 9.42. The molecule has 0 saturated carbocycles. The monoisotopic (exact) mass is 221 g/mol. The normalized spacial score (nSPS) is 13.6. The molecule has 6 heteroatoms. The second kappa shape index (κ2) is 4.05. The summed E-state index contributed by atoms with van der Waals surface area (Å²) in [6.07, 6.45) is 0. The average molecular weight is 221 g/mol. The molecule has 2 rings (SSSR count). The van der Waals surface area contributed by atoms with Gasteiger partial charge in [0.1, 0.15) is 0 Å². The minimum absolute atomic E-state index is 0.00828. The zero-order chi connectivity index (χ0) is 11.7. The Hall–Kier alpha value is -1.69. The molecule has 0 aliphatic carbocycles. The van der Waals surface area contributed by atoms with Crippen LogP contribution in [0.5, 0.6) is 0 Å². The predicted molar refractivity (Wildman–Crippen MR) is 59.8 cm³/mol. The van der Waals surface area contributed by atoms with Crippen molar-refractivity contribution in [3.8, 4) is 0 Å². The van der Waals surface area contributed by atoms with Gasteiger partial charge >= 0.3 is 0 Å². The van der Waals surface area contributed by atoms with Crippen LogP contribution in [0.25, 0.3) is 0 Å². The topological polar surface area (TPSA) is 86.8 Å². The molecule has 0 atom stereocenters. The third kappa shape index (κ3) is 1.71. The second-order valence-electron chi connectivity index (χ2n) is 3.66. The van der Waals surface area contributed by atoms with Gasteiger partial charge in [-0.05, 0) is 6.92 Å². The lowest BCUT2D eigenvalue weighted by Gasteiger charge is -2.09. The predicted octanol–water partition coefficient (Wildman–Crippen LogP) is 0.845. The first-order valence-electron chi connectivity index (χ1n) is 5.24. The van der Waals surface area contributed by atoms with E-state index in [4.69, 9.17) is 15.6 Å². The van der Waals surface area contributed by atoms with E-state index in [0.29, 0.717) is 5.82 Å². The lowest BCUT2D eigenvalue weighted by molar-refractivity contribution is 0.518. The van der Waals surface area contributed by atoms with Gasteiger partial charge < -0.3 is 14.6 Å². The average Bonchev–Trinajstić information content (AvgIpc) is 2.74. The zero-order valence-corrected chi connectivity index (χ0v) is 9.42. The van der Waals surface area contributed by atoms with Gasteiger partial charge in [-0.25, -0.2) is 4.98 Å². The molecule has 0 spiro atoms. The van der Waals surface area contributed by atoms with Crippen molar-refractivity contribution < 1.29 is 4.74 Å². The van der Waals surface area contributed by atoms with Gasteiger partial charge in [0.05, 0.1) is 11.4 Å². The lowest BCUT2D eigenvalue weighted by atomic mass is 10.4. The highest BCUT2D eigenvalue weighted by Gasteiger charge is 2.23. The maximum atomic E-state index is 7.75. The van der Waals surface area contributed by atoms with Crippen molar-refractivity contribution in [1.82, 2.24) is 14.9 Å². The van der Waals surface area contributed by atoms with Gasteiger partial charge in [0.15, 0.2) is 11.7 Å². The SMILES string of the molecule is CCn1c(C(=N)OC(C)=N)nc2c1CNC2. The summed E-state index contributed by atoms with van der Waals surface area (Å²) in [7, 11) is 0. The molecule has 2 heterocycles. The van der Waals surface area contributed by atoms with Crippen LogP contribution >= 0.6 is 0 Å². The molecule has 1 aliphatic heterocycles. The van der Waals surface area contributed by atoms with Crippen LogP contribution in [-0.2, 0) is 24.4 Å². The number of rotatable bonds is 2. The molecule has 0 fully saturated rings. The molecule has 0 bridgehead atoms. The number of imidazole rings is 1. The largest absolute Gasteiger partial charge is 0.422 e. The van der Waals surface area contributed by atoms with Crippen molar-refractivity contribution in [3.05, 3.63) is 17.2 Å². The van der Waals surface area contributed by atoms with E-state index in [1.807, 2.05) is 11.5 Å². The molecule has 16 heavy (non-hydrogen) atoms. The maximum absolute atomic E-state index is 7.75. The third-order valence-electron chi connectivity index (χ3n) is 2.51. The van der Waals surface area contributed by atoms with Crippen molar-refractivity contribution in [2.24, 2.45) is 0 Å². The van der Waals surface area contributed by atoms with E-state index >= 15 is 0 Å². The standard InChI is InChI=1S/C10H15N5O/c1-3-15-8-5-13-4-7(8)14-10(15)9(12)16-6(2)11/h11-13H,3-5H2,1-2H3. The van der Waals surface area contributed by atoms with E-state index in [9.17, 15) is 0 Å². The number of nitrogens with one attached hydrogen (secondary N) is 3. The summed E-state index contributed by atoms with van der Waals surface area (Å²) in [5.41, 5.74) is 2.10. The van der Waals surface area contributed by atoms with Crippen molar-refractivity contribution in [2.45, 2.75) is 33.5 Å². The van der Waals surface area contributed by atoms with Crippen LogP contribution in [0.1, 0.15) is 31.1 Å². The molecule has 3 N–H and O–H groups in total. The molecule has 6 nitrogen and oxygen atoms in total. The molecule has 0 unspecified atom stereocenters. The molecule has 1 aromatic rings. The Bertz CT molecular complexity index is 448. The Balaban J connectivity index is 2.34. The van der Waals surface area contributed by atoms with Crippen molar-refractivity contribution in [3.63, 3.8) is 0 Å². The Morgan fingerprint density at radius 2 is 2.25 bits per heavy atom. The Kier molecular flexibility index (Phi) is 2.74. The van der Waals surface area contributed by atoms with Crippen LogP contribution in [0.4, 0.5) is 0 Å². The minimum atomic E-state index is -0.0521. The van der Waals surface area contributed by atoms with Crippen LogP contribution in [0.3, 0.4) is 0 Å². The third-order valence-corrected chi connectivity index (χ3v) is 2.51. The molecular formula is C10H15N5O. The summed E-state index contributed by atoms with van der Waals surface area (Å²) >= 11 is 0. The van der Waals surface area contributed by atoms with Crippen LogP contribution in [0, 0.1) is 10.8 Å². The highest BCUT2D eigenvalue weighted by atomic mass is 16.5. The lowest BCUT2D eigenvalue weighted by Crippen LogP contribution is -2.18. The molecule has 0 aromatic carbocycles. The fourth-order valence-corrected chi connectivity index (χ4v) is 1.89. The summed E-state index contributed by atoms with van der Waals surface area (Å²) in [5, 5.41) is 18.2.